The van der Waals surface area contributed by atoms with E-state index in [1.807, 2.05) is 0 Å². The van der Waals surface area contributed by atoms with Crippen LogP contribution in [0, 0.1) is 17.8 Å². The molecule has 25 heavy (non-hydrogen) atoms. The molecule has 2 atom stereocenters. The molecule has 0 aromatic carbocycles. The third-order valence-corrected chi connectivity index (χ3v) is 6.84. The Balaban J connectivity index is 1.49. The van der Waals surface area contributed by atoms with Gasteiger partial charge in [0.05, 0.1) is 6.10 Å². The van der Waals surface area contributed by atoms with Crippen molar-refractivity contribution >= 4 is 0 Å². The van der Waals surface area contributed by atoms with Crippen molar-refractivity contribution in [3.63, 3.8) is 0 Å². The normalized spacial score (nSPS) is 28.1. The minimum absolute atomic E-state index is 0.537. The van der Waals surface area contributed by atoms with Gasteiger partial charge in [-0.3, -0.25) is 0 Å². The number of ether oxygens (including phenoxy) is 1. The highest BCUT2D eigenvalue weighted by Gasteiger charge is 2.33. The molecule has 2 fully saturated rings. The maximum absolute atomic E-state index is 6.16. The van der Waals surface area contributed by atoms with Crippen LogP contribution in [0.3, 0.4) is 0 Å². The number of rotatable bonds is 11. The Labute approximate surface area is 157 Å². The van der Waals surface area contributed by atoms with Gasteiger partial charge in [0.2, 0.25) is 0 Å². The Hall–Kier alpha value is -0.120. The Morgan fingerprint density at radius 1 is 1.04 bits per heavy atom. The summed E-state index contributed by atoms with van der Waals surface area (Å²) in [5.41, 5.74) is 0. The average Bonchev–Trinajstić information content (AvgIpc) is 2.57. The third-order valence-electron chi connectivity index (χ3n) is 6.84. The first-order chi connectivity index (χ1) is 12.0. The molecule has 3 nitrogen and oxygen atoms in total. The lowest BCUT2D eigenvalue weighted by molar-refractivity contribution is -0.0525. The van der Waals surface area contributed by atoms with E-state index in [1.54, 1.807) is 0 Å². The van der Waals surface area contributed by atoms with Gasteiger partial charge in [0.25, 0.3) is 0 Å². The van der Waals surface area contributed by atoms with Crippen molar-refractivity contribution in [2.75, 3.05) is 39.8 Å². The second kappa shape index (κ2) is 10.9. The van der Waals surface area contributed by atoms with Crippen LogP contribution < -0.4 is 0 Å². The van der Waals surface area contributed by atoms with Crippen molar-refractivity contribution in [2.45, 2.75) is 84.8 Å². The lowest BCUT2D eigenvalue weighted by Crippen LogP contribution is -2.47. The molecule has 2 unspecified atom stereocenters. The van der Waals surface area contributed by atoms with Gasteiger partial charge in [-0.15, -0.1) is 0 Å². The minimum atomic E-state index is 0.537. The van der Waals surface area contributed by atoms with E-state index in [0.717, 1.165) is 30.4 Å². The Kier molecular flexibility index (Phi) is 9.23. The second-order valence-corrected chi connectivity index (χ2v) is 9.12. The van der Waals surface area contributed by atoms with E-state index < -0.39 is 0 Å². The zero-order chi connectivity index (χ0) is 18.2. The topological polar surface area (TPSA) is 15.7 Å². The summed E-state index contributed by atoms with van der Waals surface area (Å²) in [5.74, 6) is 2.57. The van der Waals surface area contributed by atoms with Gasteiger partial charge in [0.15, 0.2) is 0 Å². The molecule has 0 N–H and O–H groups in total. The molecule has 0 spiro atoms. The quantitative estimate of drug-likeness (QED) is 0.538. The maximum Gasteiger partial charge on any atom is 0.0605 e. The largest absolute Gasteiger partial charge is 0.378 e. The van der Waals surface area contributed by atoms with Crippen LogP contribution >= 0.6 is 0 Å². The summed E-state index contributed by atoms with van der Waals surface area (Å²) >= 11 is 0. The van der Waals surface area contributed by atoms with Crippen LogP contribution in [0.2, 0.25) is 0 Å². The van der Waals surface area contributed by atoms with Gasteiger partial charge in [-0.25, -0.2) is 0 Å². The van der Waals surface area contributed by atoms with Crippen LogP contribution in [0.15, 0.2) is 0 Å². The van der Waals surface area contributed by atoms with Gasteiger partial charge < -0.3 is 14.5 Å². The molecule has 1 heterocycles. The Morgan fingerprint density at radius 3 is 2.28 bits per heavy atom. The summed E-state index contributed by atoms with van der Waals surface area (Å²) in [4.78, 5) is 5.23. The lowest BCUT2D eigenvalue weighted by atomic mass is 9.87. The van der Waals surface area contributed by atoms with E-state index in [-0.39, 0.29) is 0 Å². The molecular formula is C22H44N2O. The van der Waals surface area contributed by atoms with Gasteiger partial charge in [0, 0.05) is 25.7 Å². The third kappa shape index (κ3) is 7.19. The van der Waals surface area contributed by atoms with Gasteiger partial charge in [-0.2, -0.15) is 0 Å². The van der Waals surface area contributed by atoms with Crippen LogP contribution in [-0.2, 0) is 4.74 Å². The average molecular weight is 353 g/mol. The number of likely N-dealkylation sites (tertiary alicyclic amines) is 1. The predicted molar refractivity (Wildman–Crippen MR) is 108 cm³/mol. The molecule has 0 amide bonds. The molecule has 0 aromatic heterocycles. The fourth-order valence-electron chi connectivity index (χ4n) is 4.23. The number of hydrogen-bond donors (Lipinski definition) is 0. The van der Waals surface area contributed by atoms with Crippen molar-refractivity contribution in [1.82, 2.24) is 9.80 Å². The Morgan fingerprint density at radius 2 is 1.68 bits per heavy atom. The van der Waals surface area contributed by atoms with Crippen LogP contribution in [0.4, 0.5) is 0 Å². The molecule has 148 valence electrons. The van der Waals surface area contributed by atoms with Crippen molar-refractivity contribution in [2.24, 2.45) is 17.8 Å². The highest BCUT2D eigenvalue weighted by molar-refractivity contribution is 4.87. The van der Waals surface area contributed by atoms with E-state index in [4.69, 9.17) is 4.74 Å². The molecule has 2 aliphatic rings. The smallest absolute Gasteiger partial charge is 0.0605 e. The first-order valence-electron chi connectivity index (χ1n) is 11.1. The molecule has 0 bridgehead atoms. The van der Waals surface area contributed by atoms with E-state index in [9.17, 15) is 0 Å². The molecule has 1 aliphatic heterocycles. The monoisotopic (exact) mass is 352 g/mol. The van der Waals surface area contributed by atoms with E-state index in [0.29, 0.717) is 6.10 Å². The molecule has 2 rings (SSSR count). The second-order valence-electron chi connectivity index (χ2n) is 9.12. The van der Waals surface area contributed by atoms with E-state index in [1.165, 1.54) is 71.1 Å². The summed E-state index contributed by atoms with van der Waals surface area (Å²) in [7, 11) is 2.29. The fraction of sp³-hybridized carbons (Fsp3) is 1.00. The van der Waals surface area contributed by atoms with Crippen LogP contribution in [0.5, 0.6) is 0 Å². The number of piperidine rings is 1. The van der Waals surface area contributed by atoms with Crippen LogP contribution in [-0.4, -0.2) is 61.8 Å². The van der Waals surface area contributed by atoms with Crippen molar-refractivity contribution in [3.05, 3.63) is 0 Å². The highest BCUT2D eigenvalue weighted by atomic mass is 16.5. The van der Waals surface area contributed by atoms with E-state index >= 15 is 0 Å². The SMILES string of the molecule is CCC(C)CN1CCC(CCO[C@H]2C[C@H](N(C)CC(C)CC)C2)CC1. The number of nitrogens with zero attached hydrogens (tertiary/aromatic N) is 2. The van der Waals surface area contributed by atoms with Crippen LogP contribution in [0.1, 0.15) is 72.6 Å². The summed E-state index contributed by atoms with van der Waals surface area (Å²) in [5, 5.41) is 0. The Bertz CT molecular complexity index is 348. The molecule has 0 radical (unpaired) electrons. The number of hydrogen-bond acceptors (Lipinski definition) is 3. The van der Waals surface area contributed by atoms with Crippen molar-refractivity contribution in [1.29, 1.82) is 0 Å². The molecule has 3 heteroatoms. The molecule has 1 aliphatic carbocycles. The first-order valence-corrected chi connectivity index (χ1v) is 11.1. The van der Waals surface area contributed by atoms with Crippen molar-refractivity contribution < 1.29 is 4.74 Å². The van der Waals surface area contributed by atoms with Gasteiger partial charge >= 0.3 is 0 Å². The lowest BCUT2D eigenvalue weighted by Gasteiger charge is -2.42. The summed E-state index contributed by atoms with van der Waals surface area (Å²) in [6.45, 7) is 15.5. The summed E-state index contributed by atoms with van der Waals surface area (Å²) in [6, 6.07) is 0.766. The fourth-order valence-corrected chi connectivity index (χ4v) is 4.23. The summed E-state index contributed by atoms with van der Waals surface area (Å²) in [6.07, 6.45) is 9.67. The zero-order valence-electron chi connectivity index (χ0n) is 17.7. The minimum Gasteiger partial charge on any atom is -0.378 e. The first kappa shape index (κ1) is 21.2. The van der Waals surface area contributed by atoms with E-state index in [2.05, 4.69) is 44.5 Å². The predicted octanol–water partition coefficient (Wildman–Crippen LogP) is 4.66. The van der Waals surface area contributed by atoms with Gasteiger partial charge in [-0.1, -0.05) is 40.5 Å². The highest BCUT2D eigenvalue weighted by Crippen LogP contribution is 2.29. The van der Waals surface area contributed by atoms with Crippen molar-refractivity contribution in [3.8, 4) is 0 Å². The zero-order valence-corrected chi connectivity index (χ0v) is 17.7. The van der Waals surface area contributed by atoms with Crippen LogP contribution in [0.25, 0.3) is 0 Å². The van der Waals surface area contributed by atoms with Gasteiger partial charge in [0.1, 0.15) is 0 Å². The molecule has 1 saturated carbocycles. The standard InChI is InChI=1S/C22H44N2O/c1-6-18(3)16-23(5)21-14-22(15-21)25-13-10-20-8-11-24(12-9-20)17-19(4)7-2/h18-22H,6-17H2,1-5H3/t18?,19?,21-,22-. The maximum atomic E-state index is 6.16. The molecular weight excluding hydrogens is 308 g/mol. The summed E-state index contributed by atoms with van der Waals surface area (Å²) < 4.78 is 6.16. The molecule has 0 aromatic rings. The van der Waals surface area contributed by atoms with Gasteiger partial charge in [-0.05, 0) is 70.0 Å². The molecule has 1 saturated heterocycles.